The van der Waals surface area contributed by atoms with E-state index >= 15 is 0 Å². The average molecular weight is 235 g/mol. The first-order valence-corrected chi connectivity index (χ1v) is 5.75. The third kappa shape index (κ3) is 2.81. The third-order valence-corrected chi connectivity index (χ3v) is 2.88. The first kappa shape index (κ1) is 12.0. The summed E-state index contributed by atoms with van der Waals surface area (Å²) < 4.78 is 5.52. The van der Waals surface area contributed by atoms with Crippen LogP contribution in [-0.2, 0) is 4.74 Å². The van der Waals surface area contributed by atoms with Gasteiger partial charge in [0, 0.05) is 31.5 Å². The first-order valence-electron chi connectivity index (χ1n) is 5.75. The van der Waals surface area contributed by atoms with Crippen molar-refractivity contribution in [3.05, 3.63) is 30.1 Å². The molecule has 17 heavy (non-hydrogen) atoms. The Hall–Kier alpha value is -1.46. The molecule has 1 aromatic heterocycles. The van der Waals surface area contributed by atoms with Crippen molar-refractivity contribution in [2.24, 2.45) is 5.73 Å². The highest BCUT2D eigenvalue weighted by Crippen LogP contribution is 2.11. The Labute approximate surface area is 101 Å². The zero-order chi connectivity index (χ0) is 12.3. The van der Waals surface area contributed by atoms with Crippen molar-refractivity contribution in [1.29, 1.82) is 0 Å². The number of aromatic nitrogens is 1. The van der Waals surface area contributed by atoms with Crippen LogP contribution in [-0.4, -0.2) is 47.6 Å². The van der Waals surface area contributed by atoms with Gasteiger partial charge in [-0.05, 0) is 19.1 Å². The third-order valence-electron chi connectivity index (χ3n) is 2.88. The molecule has 0 aliphatic carbocycles. The lowest BCUT2D eigenvalue weighted by molar-refractivity contribution is -0.0300. The molecule has 1 fully saturated rings. The van der Waals surface area contributed by atoms with E-state index in [9.17, 15) is 4.79 Å². The summed E-state index contributed by atoms with van der Waals surface area (Å²) in [5.74, 6) is -0.00736. The number of nitrogens with two attached hydrogens (primary N) is 1. The zero-order valence-electron chi connectivity index (χ0n) is 9.87. The molecule has 0 bridgehead atoms. The fourth-order valence-corrected chi connectivity index (χ4v) is 1.85. The van der Waals surface area contributed by atoms with Crippen molar-refractivity contribution in [3.63, 3.8) is 0 Å². The molecule has 5 nitrogen and oxygen atoms in total. The second kappa shape index (κ2) is 5.25. The summed E-state index contributed by atoms with van der Waals surface area (Å²) in [5.41, 5.74) is 6.40. The van der Waals surface area contributed by atoms with Crippen molar-refractivity contribution in [2.75, 3.05) is 19.7 Å². The SMILES string of the molecule is CC(N)C1CN(C(=O)c2cccnc2)CCO1. The Kier molecular flexibility index (Phi) is 3.71. The van der Waals surface area contributed by atoms with E-state index in [-0.39, 0.29) is 18.1 Å². The van der Waals surface area contributed by atoms with Crippen LogP contribution in [0.2, 0.25) is 0 Å². The minimum Gasteiger partial charge on any atom is -0.373 e. The Morgan fingerprint density at radius 2 is 2.53 bits per heavy atom. The van der Waals surface area contributed by atoms with E-state index in [4.69, 9.17) is 10.5 Å². The Morgan fingerprint density at radius 1 is 1.71 bits per heavy atom. The van der Waals surface area contributed by atoms with Gasteiger partial charge in [-0.3, -0.25) is 9.78 Å². The summed E-state index contributed by atoms with van der Waals surface area (Å²) in [4.78, 5) is 17.9. The number of hydrogen-bond donors (Lipinski definition) is 1. The lowest BCUT2D eigenvalue weighted by Crippen LogP contribution is -2.51. The standard InChI is InChI=1S/C12H17N3O2/c1-9(13)11-8-15(5-6-17-11)12(16)10-3-2-4-14-7-10/h2-4,7,9,11H,5-6,8,13H2,1H3. The molecule has 2 unspecified atom stereocenters. The highest BCUT2D eigenvalue weighted by molar-refractivity contribution is 5.93. The van der Waals surface area contributed by atoms with E-state index in [1.165, 1.54) is 0 Å². The maximum absolute atomic E-state index is 12.2. The van der Waals surface area contributed by atoms with Gasteiger partial charge >= 0.3 is 0 Å². The predicted octanol–water partition coefficient (Wildman–Crippen LogP) is 0.270. The number of amides is 1. The molecule has 2 atom stereocenters. The van der Waals surface area contributed by atoms with Gasteiger partial charge in [-0.25, -0.2) is 0 Å². The lowest BCUT2D eigenvalue weighted by Gasteiger charge is -2.34. The summed E-state index contributed by atoms with van der Waals surface area (Å²) in [6.45, 7) is 3.59. The second-order valence-electron chi connectivity index (χ2n) is 4.26. The number of pyridine rings is 1. The zero-order valence-corrected chi connectivity index (χ0v) is 9.87. The molecule has 0 aromatic carbocycles. The molecule has 0 spiro atoms. The molecule has 1 saturated heterocycles. The molecule has 2 rings (SSSR count). The van der Waals surface area contributed by atoms with Gasteiger partial charge in [0.1, 0.15) is 0 Å². The molecular weight excluding hydrogens is 218 g/mol. The van der Waals surface area contributed by atoms with Gasteiger partial charge in [-0.2, -0.15) is 0 Å². The van der Waals surface area contributed by atoms with E-state index < -0.39 is 0 Å². The van der Waals surface area contributed by atoms with Crippen molar-refractivity contribution in [1.82, 2.24) is 9.88 Å². The molecule has 1 aliphatic rings. The molecule has 1 aromatic rings. The van der Waals surface area contributed by atoms with Gasteiger partial charge in [0.05, 0.1) is 18.3 Å². The number of hydrogen-bond acceptors (Lipinski definition) is 4. The number of carbonyl (C=O) groups excluding carboxylic acids is 1. The number of morpholine rings is 1. The van der Waals surface area contributed by atoms with Crippen molar-refractivity contribution in [3.8, 4) is 0 Å². The number of carbonyl (C=O) groups is 1. The van der Waals surface area contributed by atoms with E-state index in [0.29, 0.717) is 25.3 Å². The molecule has 1 amide bonds. The fraction of sp³-hybridized carbons (Fsp3) is 0.500. The fourth-order valence-electron chi connectivity index (χ4n) is 1.85. The Morgan fingerprint density at radius 3 is 3.18 bits per heavy atom. The molecule has 5 heteroatoms. The molecule has 0 radical (unpaired) electrons. The first-order chi connectivity index (χ1) is 8.18. The van der Waals surface area contributed by atoms with Crippen LogP contribution in [0.4, 0.5) is 0 Å². The summed E-state index contributed by atoms with van der Waals surface area (Å²) in [5, 5.41) is 0. The number of ether oxygens (including phenoxy) is 1. The maximum Gasteiger partial charge on any atom is 0.255 e. The van der Waals surface area contributed by atoms with Crippen LogP contribution >= 0.6 is 0 Å². The molecule has 0 saturated carbocycles. The van der Waals surface area contributed by atoms with Crippen molar-refractivity contribution in [2.45, 2.75) is 19.1 Å². The minimum atomic E-state index is -0.0793. The largest absolute Gasteiger partial charge is 0.373 e. The van der Waals surface area contributed by atoms with Gasteiger partial charge in [0.25, 0.3) is 5.91 Å². The van der Waals surface area contributed by atoms with Gasteiger partial charge in [0.2, 0.25) is 0 Å². The maximum atomic E-state index is 12.2. The van der Waals surface area contributed by atoms with Gasteiger partial charge < -0.3 is 15.4 Å². The van der Waals surface area contributed by atoms with Gasteiger partial charge in [-0.15, -0.1) is 0 Å². The van der Waals surface area contributed by atoms with Crippen LogP contribution in [0.3, 0.4) is 0 Å². The van der Waals surface area contributed by atoms with Crippen LogP contribution in [0.25, 0.3) is 0 Å². The minimum absolute atomic E-state index is 0.00736. The van der Waals surface area contributed by atoms with Crippen LogP contribution in [0.5, 0.6) is 0 Å². The lowest BCUT2D eigenvalue weighted by atomic mass is 10.1. The van der Waals surface area contributed by atoms with E-state index in [0.717, 1.165) is 0 Å². The summed E-state index contributed by atoms with van der Waals surface area (Å²) in [7, 11) is 0. The average Bonchev–Trinajstić information content (AvgIpc) is 2.39. The number of nitrogens with zero attached hydrogens (tertiary/aromatic N) is 2. The Bertz CT molecular complexity index is 381. The summed E-state index contributed by atoms with van der Waals surface area (Å²) in [6.07, 6.45) is 3.16. The van der Waals surface area contributed by atoms with Crippen LogP contribution in [0.1, 0.15) is 17.3 Å². The highest BCUT2D eigenvalue weighted by Gasteiger charge is 2.27. The molecular formula is C12H17N3O2. The van der Waals surface area contributed by atoms with E-state index in [2.05, 4.69) is 4.98 Å². The van der Waals surface area contributed by atoms with E-state index in [1.54, 1.807) is 29.4 Å². The topological polar surface area (TPSA) is 68.5 Å². The van der Waals surface area contributed by atoms with Gasteiger partial charge in [-0.1, -0.05) is 0 Å². The monoisotopic (exact) mass is 235 g/mol. The normalized spacial score (nSPS) is 22.2. The molecule has 92 valence electrons. The second-order valence-corrected chi connectivity index (χ2v) is 4.26. The van der Waals surface area contributed by atoms with Crippen LogP contribution in [0, 0.1) is 0 Å². The highest BCUT2D eigenvalue weighted by atomic mass is 16.5. The quantitative estimate of drug-likeness (QED) is 0.799. The van der Waals surface area contributed by atoms with Crippen molar-refractivity contribution >= 4 is 5.91 Å². The number of rotatable bonds is 2. The summed E-state index contributed by atoms with van der Waals surface area (Å²) >= 11 is 0. The molecule has 2 N–H and O–H groups in total. The van der Waals surface area contributed by atoms with Gasteiger partial charge in [0.15, 0.2) is 0 Å². The predicted molar refractivity (Wildman–Crippen MR) is 63.5 cm³/mol. The smallest absolute Gasteiger partial charge is 0.255 e. The Balaban J connectivity index is 2.05. The van der Waals surface area contributed by atoms with Crippen LogP contribution < -0.4 is 5.73 Å². The molecule has 2 heterocycles. The molecule has 1 aliphatic heterocycles. The van der Waals surface area contributed by atoms with Crippen LogP contribution in [0.15, 0.2) is 24.5 Å². The van der Waals surface area contributed by atoms with E-state index in [1.807, 2.05) is 6.92 Å². The van der Waals surface area contributed by atoms with Crippen molar-refractivity contribution < 1.29 is 9.53 Å². The summed E-state index contributed by atoms with van der Waals surface area (Å²) in [6, 6.07) is 3.46.